The molecule has 0 heterocycles. The van der Waals surface area contributed by atoms with Gasteiger partial charge in [-0.25, -0.2) is 4.79 Å². The van der Waals surface area contributed by atoms with Crippen LogP contribution in [0.4, 0.5) is 0 Å². The Morgan fingerprint density at radius 2 is 1.61 bits per heavy atom. The van der Waals surface area contributed by atoms with Crippen molar-refractivity contribution in [3.63, 3.8) is 0 Å². The molecule has 0 saturated heterocycles. The zero-order valence-electron chi connectivity index (χ0n) is 16.4. The summed E-state index contributed by atoms with van der Waals surface area (Å²) in [6.07, 6.45) is 0. The predicted octanol–water partition coefficient (Wildman–Crippen LogP) is 2.61. The Morgan fingerprint density at radius 3 is 2.21 bits per heavy atom. The van der Waals surface area contributed by atoms with Gasteiger partial charge in [-0.3, -0.25) is 9.59 Å². The van der Waals surface area contributed by atoms with Crippen molar-refractivity contribution in [2.45, 2.75) is 33.4 Å². The first-order chi connectivity index (χ1) is 13.4. The normalized spacial score (nSPS) is 11.6. The van der Waals surface area contributed by atoms with Crippen LogP contribution < -0.4 is 10.6 Å². The molecule has 0 aliphatic heterocycles. The number of nitrogens with one attached hydrogen (secondary N) is 2. The van der Waals surface area contributed by atoms with Crippen molar-refractivity contribution in [2.24, 2.45) is 5.92 Å². The van der Waals surface area contributed by atoms with Gasteiger partial charge in [-0.15, -0.1) is 0 Å². The molecule has 0 unspecified atom stereocenters. The van der Waals surface area contributed by atoms with E-state index in [9.17, 15) is 14.4 Å². The standard InChI is InChI=1S/C22H26N2O4/c1-15(2)20(24-21(26)18-7-5-4-6-8-18)22(27)28-14-19(25)23-13-17-11-9-16(3)10-12-17/h4-12,15,20H,13-14H2,1-3H3,(H,23,25)(H,24,26)/t20-/m0/s1. The number of amides is 2. The fraction of sp³-hybridized carbons (Fsp3) is 0.318. The molecule has 2 aromatic rings. The second-order valence-corrected chi connectivity index (χ2v) is 6.93. The van der Waals surface area contributed by atoms with Crippen molar-refractivity contribution < 1.29 is 19.1 Å². The average Bonchev–Trinajstić information content (AvgIpc) is 2.70. The lowest BCUT2D eigenvalue weighted by Crippen LogP contribution is -2.46. The molecular weight excluding hydrogens is 356 g/mol. The van der Waals surface area contributed by atoms with Gasteiger partial charge in [0.2, 0.25) is 0 Å². The highest BCUT2D eigenvalue weighted by Crippen LogP contribution is 2.07. The van der Waals surface area contributed by atoms with E-state index in [2.05, 4.69) is 10.6 Å². The van der Waals surface area contributed by atoms with E-state index >= 15 is 0 Å². The summed E-state index contributed by atoms with van der Waals surface area (Å²) < 4.78 is 5.11. The number of rotatable bonds is 8. The molecule has 0 fully saturated rings. The van der Waals surface area contributed by atoms with Crippen molar-refractivity contribution in [2.75, 3.05) is 6.61 Å². The van der Waals surface area contributed by atoms with Gasteiger partial charge in [0.05, 0.1) is 0 Å². The maximum Gasteiger partial charge on any atom is 0.329 e. The maximum absolute atomic E-state index is 12.4. The van der Waals surface area contributed by atoms with Crippen LogP contribution in [0, 0.1) is 12.8 Å². The first kappa shape index (κ1) is 21.2. The molecule has 2 amide bonds. The topological polar surface area (TPSA) is 84.5 Å². The lowest BCUT2D eigenvalue weighted by molar-refractivity contribution is -0.151. The fourth-order valence-electron chi connectivity index (χ4n) is 2.50. The number of benzene rings is 2. The van der Waals surface area contributed by atoms with Gasteiger partial charge in [-0.05, 0) is 30.5 Å². The van der Waals surface area contributed by atoms with E-state index in [1.165, 1.54) is 0 Å². The Labute approximate surface area is 165 Å². The maximum atomic E-state index is 12.4. The zero-order chi connectivity index (χ0) is 20.5. The molecule has 6 nitrogen and oxygen atoms in total. The van der Waals surface area contributed by atoms with E-state index in [1.807, 2.05) is 31.2 Å². The highest BCUT2D eigenvalue weighted by molar-refractivity contribution is 5.97. The predicted molar refractivity (Wildman–Crippen MR) is 107 cm³/mol. The van der Waals surface area contributed by atoms with Crippen molar-refractivity contribution in [3.05, 3.63) is 71.3 Å². The molecule has 28 heavy (non-hydrogen) atoms. The Bertz CT molecular complexity index is 801. The van der Waals surface area contributed by atoms with Gasteiger partial charge in [0.1, 0.15) is 6.04 Å². The Hall–Kier alpha value is -3.15. The monoisotopic (exact) mass is 382 g/mol. The van der Waals surface area contributed by atoms with E-state index in [-0.39, 0.29) is 11.8 Å². The number of aryl methyl sites for hydroxylation is 1. The van der Waals surface area contributed by atoms with E-state index < -0.39 is 24.5 Å². The van der Waals surface area contributed by atoms with Crippen molar-refractivity contribution in [3.8, 4) is 0 Å². The minimum atomic E-state index is -0.836. The SMILES string of the molecule is Cc1ccc(CNC(=O)COC(=O)[C@@H](NC(=O)c2ccccc2)C(C)C)cc1. The van der Waals surface area contributed by atoms with Crippen LogP contribution in [0.3, 0.4) is 0 Å². The number of hydrogen-bond donors (Lipinski definition) is 2. The molecule has 0 spiro atoms. The van der Waals surface area contributed by atoms with E-state index in [4.69, 9.17) is 4.74 Å². The second kappa shape index (κ2) is 10.3. The number of esters is 1. The summed E-state index contributed by atoms with van der Waals surface area (Å²) in [6.45, 7) is 5.55. The van der Waals surface area contributed by atoms with Gasteiger partial charge < -0.3 is 15.4 Å². The van der Waals surface area contributed by atoms with Gasteiger partial charge in [-0.1, -0.05) is 61.9 Å². The lowest BCUT2D eigenvalue weighted by Gasteiger charge is -2.20. The van der Waals surface area contributed by atoms with Crippen LogP contribution in [-0.4, -0.2) is 30.4 Å². The zero-order valence-corrected chi connectivity index (χ0v) is 16.4. The summed E-state index contributed by atoms with van der Waals surface area (Å²) in [7, 11) is 0. The van der Waals surface area contributed by atoms with Gasteiger partial charge in [0.15, 0.2) is 6.61 Å². The van der Waals surface area contributed by atoms with Gasteiger partial charge in [-0.2, -0.15) is 0 Å². The number of carbonyl (C=O) groups is 3. The third-order valence-corrected chi connectivity index (χ3v) is 4.20. The Balaban J connectivity index is 1.83. The molecule has 148 valence electrons. The molecule has 0 aliphatic rings. The van der Waals surface area contributed by atoms with E-state index in [1.54, 1.807) is 44.2 Å². The smallest absolute Gasteiger partial charge is 0.329 e. The molecule has 6 heteroatoms. The van der Waals surface area contributed by atoms with Gasteiger partial charge in [0.25, 0.3) is 11.8 Å². The molecule has 2 aromatic carbocycles. The van der Waals surface area contributed by atoms with Crippen LogP contribution in [0.15, 0.2) is 54.6 Å². The van der Waals surface area contributed by atoms with E-state index in [0.29, 0.717) is 12.1 Å². The number of hydrogen-bond acceptors (Lipinski definition) is 4. The number of ether oxygens (including phenoxy) is 1. The molecule has 2 rings (SSSR count). The van der Waals surface area contributed by atoms with E-state index in [0.717, 1.165) is 11.1 Å². The Kier molecular flexibility index (Phi) is 7.75. The first-order valence-corrected chi connectivity index (χ1v) is 9.21. The lowest BCUT2D eigenvalue weighted by atomic mass is 10.0. The molecule has 0 aliphatic carbocycles. The molecule has 0 saturated carbocycles. The van der Waals surface area contributed by atoms with Crippen LogP contribution in [0.25, 0.3) is 0 Å². The molecule has 0 aromatic heterocycles. The summed E-state index contributed by atoms with van der Waals surface area (Å²) in [4.78, 5) is 36.6. The highest BCUT2D eigenvalue weighted by atomic mass is 16.5. The largest absolute Gasteiger partial charge is 0.454 e. The second-order valence-electron chi connectivity index (χ2n) is 6.93. The molecule has 2 N–H and O–H groups in total. The van der Waals surface area contributed by atoms with Crippen molar-refractivity contribution in [1.29, 1.82) is 0 Å². The van der Waals surface area contributed by atoms with Crippen LogP contribution in [-0.2, 0) is 20.9 Å². The van der Waals surface area contributed by atoms with Crippen LogP contribution >= 0.6 is 0 Å². The quantitative estimate of drug-likeness (QED) is 0.688. The summed E-state index contributed by atoms with van der Waals surface area (Å²) in [5.74, 6) is -1.58. The van der Waals surface area contributed by atoms with Crippen LogP contribution in [0.1, 0.15) is 35.3 Å². The summed E-state index contributed by atoms with van der Waals surface area (Å²) in [6, 6.07) is 15.6. The van der Waals surface area contributed by atoms with Gasteiger partial charge >= 0.3 is 5.97 Å². The summed E-state index contributed by atoms with van der Waals surface area (Å²) >= 11 is 0. The van der Waals surface area contributed by atoms with Crippen molar-refractivity contribution >= 4 is 17.8 Å². The third-order valence-electron chi connectivity index (χ3n) is 4.20. The fourth-order valence-corrected chi connectivity index (χ4v) is 2.50. The molecule has 1 atom stereocenters. The van der Waals surface area contributed by atoms with Crippen LogP contribution in [0.5, 0.6) is 0 Å². The van der Waals surface area contributed by atoms with Gasteiger partial charge in [0, 0.05) is 12.1 Å². The highest BCUT2D eigenvalue weighted by Gasteiger charge is 2.26. The van der Waals surface area contributed by atoms with Crippen molar-refractivity contribution in [1.82, 2.24) is 10.6 Å². The number of carbonyl (C=O) groups excluding carboxylic acids is 3. The first-order valence-electron chi connectivity index (χ1n) is 9.21. The third kappa shape index (κ3) is 6.54. The Morgan fingerprint density at radius 1 is 0.964 bits per heavy atom. The minimum absolute atomic E-state index is 0.184. The summed E-state index contributed by atoms with van der Waals surface area (Å²) in [5.41, 5.74) is 2.55. The summed E-state index contributed by atoms with van der Waals surface area (Å²) in [5, 5.41) is 5.38. The molecule has 0 radical (unpaired) electrons. The van der Waals surface area contributed by atoms with Crippen LogP contribution in [0.2, 0.25) is 0 Å². The molecule has 0 bridgehead atoms. The minimum Gasteiger partial charge on any atom is -0.454 e. The average molecular weight is 382 g/mol. The molecular formula is C22H26N2O4.